The van der Waals surface area contributed by atoms with Gasteiger partial charge in [0.25, 0.3) is 0 Å². The Hall–Kier alpha value is -1.56. The summed E-state index contributed by atoms with van der Waals surface area (Å²) in [6.45, 7) is 18.4. The van der Waals surface area contributed by atoms with Crippen LogP contribution in [0.4, 0.5) is 0 Å². The summed E-state index contributed by atoms with van der Waals surface area (Å²) in [6, 6.07) is 13.3. The van der Waals surface area contributed by atoms with Crippen molar-refractivity contribution < 1.29 is 0 Å². The second-order valence-corrected chi connectivity index (χ2v) is 8.48. The zero-order valence-corrected chi connectivity index (χ0v) is 15.5. The topological polar surface area (TPSA) is 0 Å². The summed E-state index contributed by atoms with van der Waals surface area (Å²) in [7, 11) is 0. The van der Waals surface area contributed by atoms with Crippen LogP contribution in [-0.4, -0.2) is 0 Å². The van der Waals surface area contributed by atoms with Crippen LogP contribution >= 0.6 is 0 Å². The van der Waals surface area contributed by atoms with Gasteiger partial charge in [0.2, 0.25) is 0 Å². The van der Waals surface area contributed by atoms with Crippen LogP contribution in [0, 0.1) is 13.8 Å². The highest BCUT2D eigenvalue weighted by atomic mass is 14.3. The predicted octanol–water partition coefficient (Wildman–Crippen LogP) is 6.57. The Morgan fingerprint density at radius 3 is 1.73 bits per heavy atom. The monoisotopic (exact) mass is 294 g/mol. The lowest BCUT2D eigenvalue weighted by molar-refractivity contribution is 0.568. The lowest BCUT2D eigenvalue weighted by Gasteiger charge is -2.33. The van der Waals surface area contributed by atoms with Crippen molar-refractivity contribution in [3.8, 4) is 11.1 Å². The minimum atomic E-state index is 0.126. The van der Waals surface area contributed by atoms with Gasteiger partial charge in [0.05, 0.1) is 0 Å². The average Bonchev–Trinajstić information content (AvgIpc) is 2.39. The Bertz CT molecular complexity index is 662. The first-order valence-electron chi connectivity index (χ1n) is 8.24. The Labute approximate surface area is 136 Å². The number of rotatable bonds is 1. The summed E-state index contributed by atoms with van der Waals surface area (Å²) >= 11 is 0. The fourth-order valence-corrected chi connectivity index (χ4v) is 3.35. The van der Waals surface area contributed by atoms with Gasteiger partial charge in [0.15, 0.2) is 0 Å². The van der Waals surface area contributed by atoms with Crippen molar-refractivity contribution in [2.45, 2.75) is 66.2 Å². The molecule has 0 saturated carbocycles. The fraction of sp³-hybridized carbons (Fsp3) is 0.455. The van der Waals surface area contributed by atoms with Gasteiger partial charge in [0.1, 0.15) is 0 Å². The smallest absolute Gasteiger partial charge is 0.0106 e. The second-order valence-electron chi connectivity index (χ2n) is 8.48. The minimum absolute atomic E-state index is 0.126. The number of aryl methyl sites for hydroxylation is 1. The predicted molar refractivity (Wildman–Crippen MR) is 98.8 cm³/mol. The molecule has 0 bridgehead atoms. The van der Waals surface area contributed by atoms with E-state index >= 15 is 0 Å². The highest BCUT2D eigenvalue weighted by Crippen LogP contribution is 2.43. The van der Waals surface area contributed by atoms with Gasteiger partial charge in [-0.25, -0.2) is 0 Å². The van der Waals surface area contributed by atoms with Gasteiger partial charge in [-0.15, -0.1) is 0 Å². The first kappa shape index (κ1) is 16.8. The van der Waals surface area contributed by atoms with E-state index in [1.807, 2.05) is 0 Å². The van der Waals surface area contributed by atoms with Crippen LogP contribution in [0.15, 0.2) is 36.4 Å². The van der Waals surface area contributed by atoms with Crippen molar-refractivity contribution in [3.63, 3.8) is 0 Å². The average molecular weight is 294 g/mol. The lowest BCUT2D eigenvalue weighted by Crippen LogP contribution is -2.21. The maximum atomic E-state index is 2.40. The van der Waals surface area contributed by atoms with Crippen LogP contribution in [0.25, 0.3) is 11.1 Å². The lowest BCUT2D eigenvalue weighted by atomic mass is 9.71. The molecule has 0 radical (unpaired) electrons. The third-order valence-corrected chi connectivity index (χ3v) is 4.47. The van der Waals surface area contributed by atoms with Gasteiger partial charge < -0.3 is 0 Å². The van der Waals surface area contributed by atoms with Gasteiger partial charge in [-0.3, -0.25) is 0 Å². The zero-order valence-electron chi connectivity index (χ0n) is 15.5. The van der Waals surface area contributed by atoms with Crippen molar-refractivity contribution in [2.75, 3.05) is 0 Å². The summed E-state index contributed by atoms with van der Waals surface area (Å²) < 4.78 is 0. The molecule has 0 nitrogen and oxygen atoms in total. The molecule has 0 aromatic heterocycles. The molecule has 2 aromatic carbocycles. The molecule has 0 fully saturated rings. The highest BCUT2D eigenvalue weighted by Gasteiger charge is 2.28. The minimum Gasteiger partial charge on any atom is -0.0622 e. The molecule has 0 atom stereocenters. The van der Waals surface area contributed by atoms with Crippen molar-refractivity contribution in [3.05, 3.63) is 58.7 Å². The highest BCUT2D eigenvalue weighted by molar-refractivity contribution is 5.76. The molecule has 22 heavy (non-hydrogen) atoms. The summed E-state index contributed by atoms with van der Waals surface area (Å²) in [4.78, 5) is 0. The van der Waals surface area contributed by atoms with Crippen LogP contribution in [-0.2, 0) is 10.8 Å². The molecular formula is C22H30. The van der Waals surface area contributed by atoms with E-state index in [0.717, 1.165) is 0 Å². The van der Waals surface area contributed by atoms with Crippen LogP contribution in [0.5, 0.6) is 0 Å². The van der Waals surface area contributed by atoms with E-state index in [2.05, 4.69) is 91.8 Å². The van der Waals surface area contributed by atoms with Crippen molar-refractivity contribution >= 4 is 0 Å². The molecule has 0 N–H and O–H groups in total. The summed E-state index contributed by atoms with van der Waals surface area (Å²) in [5.74, 6) is 0. The van der Waals surface area contributed by atoms with Crippen LogP contribution in [0.1, 0.15) is 63.8 Å². The molecule has 0 heterocycles. The third-order valence-electron chi connectivity index (χ3n) is 4.47. The molecule has 0 saturated heterocycles. The third kappa shape index (κ3) is 3.11. The zero-order chi connectivity index (χ0) is 16.7. The quantitative estimate of drug-likeness (QED) is 0.558. The van der Waals surface area contributed by atoms with E-state index < -0.39 is 0 Å². The molecule has 0 aliphatic heterocycles. The molecule has 118 valence electrons. The molecule has 0 heteroatoms. The van der Waals surface area contributed by atoms with E-state index in [1.54, 1.807) is 0 Å². The molecule has 0 amide bonds. The number of benzene rings is 2. The van der Waals surface area contributed by atoms with Gasteiger partial charge >= 0.3 is 0 Å². The first-order chi connectivity index (χ1) is 10.0. The second kappa shape index (κ2) is 5.57. The van der Waals surface area contributed by atoms with Gasteiger partial charge in [-0.05, 0) is 58.1 Å². The van der Waals surface area contributed by atoms with Crippen molar-refractivity contribution in [2.24, 2.45) is 0 Å². The van der Waals surface area contributed by atoms with E-state index in [0.29, 0.717) is 0 Å². The van der Waals surface area contributed by atoms with Crippen LogP contribution in [0.2, 0.25) is 0 Å². The number of hydrogen-bond donors (Lipinski definition) is 0. The SMILES string of the molecule is Cc1cc(C(C)(C)C)c(-c2ccccc2)c(C(C)(C)C)c1C. The Morgan fingerprint density at radius 2 is 1.27 bits per heavy atom. The van der Waals surface area contributed by atoms with Gasteiger partial charge in [-0.2, -0.15) is 0 Å². The van der Waals surface area contributed by atoms with Crippen LogP contribution < -0.4 is 0 Å². The maximum absolute atomic E-state index is 2.40. The molecule has 0 spiro atoms. The summed E-state index contributed by atoms with van der Waals surface area (Å²) in [6.07, 6.45) is 0. The molecule has 0 unspecified atom stereocenters. The molecule has 2 aromatic rings. The fourth-order valence-electron chi connectivity index (χ4n) is 3.35. The molecule has 0 aliphatic carbocycles. The van der Waals surface area contributed by atoms with E-state index in [-0.39, 0.29) is 10.8 Å². The standard InChI is InChI=1S/C22H30/c1-15-14-18(21(3,4)5)19(17-12-10-9-11-13-17)20(16(15)2)22(6,7)8/h9-14H,1-8H3. The summed E-state index contributed by atoms with van der Waals surface area (Å²) in [5.41, 5.74) is 8.79. The Balaban J connectivity index is 2.97. The van der Waals surface area contributed by atoms with Gasteiger partial charge in [-0.1, -0.05) is 77.9 Å². The van der Waals surface area contributed by atoms with Crippen molar-refractivity contribution in [1.29, 1.82) is 0 Å². The van der Waals surface area contributed by atoms with E-state index in [4.69, 9.17) is 0 Å². The van der Waals surface area contributed by atoms with Crippen LogP contribution in [0.3, 0.4) is 0 Å². The number of hydrogen-bond acceptors (Lipinski definition) is 0. The largest absolute Gasteiger partial charge is 0.0622 e. The first-order valence-corrected chi connectivity index (χ1v) is 8.24. The Kier molecular flexibility index (Phi) is 4.26. The summed E-state index contributed by atoms with van der Waals surface area (Å²) in [5, 5.41) is 0. The van der Waals surface area contributed by atoms with Crippen molar-refractivity contribution in [1.82, 2.24) is 0 Å². The van der Waals surface area contributed by atoms with E-state index in [9.17, 15) is 0 Å². The van der Waals surface area contributed by atoms with E-state index in [1.165, 1.54) is 33.4 Å². The van der Waals surface area contributed by atoms with Gasteiger partial charge in [0, 0.05) is 0 Å². The molecule has 0 aliphatic rings. The Morgan fingerprint density at radius 1 is 0.727 bits per heavy atom. The molecule has 2 rings (SSSR count). The molecular weight excluding hydrogens is 264 g/mol. The normalized spacial score (nSPS) is 12.5. The maximum Gasteiger partial charge on any atom is -0.0106 e.